The Balaban J connectivity index is 1.67. The number of halogens is 3. The standard InChI is InChI=1S/C27H32ClF2N3O/c1-5-24(14-9-19(2)29)33-27(34)25(28)26(31(33)4)20(3)32-17-15-22(16-18-32)8-6-7-21-10-12-23(30)13-11-21/h5-7,9-14,20,22H,2,8,15-18H2,1,3-4H3/b7-6-,14-9-,24-5+. The fraction of sp³-hybridized carbons (Fsp3) is 0.370. The molecule has 0 bridgehead atoms. The summed E-state index contributed by atoms with van der Waals surface area (Å²) in [4.78, 5) is 15.3. The Bertz CT molecular complexity index is 1150. The molecule has 1 aliphatic heterocycles. The van der Waals surface area contributed by atoms with Gasteiger partial charge in [-0.25, -0.2) is 13.5 Å². The van der Waals surface area contributed by atoms with E-state index < -0.39 is 5.83 Å². The normalized spacial score (nSPS) is 17.2. The van der Waals surface area contributed by atoms with Crippen LogP contribution in [0.15, 0.2) is 65.8 Å². The van der Waals surface area contributed by atoms with Crippen LogP contribution in [0.1, 0.15) is 50.4 Å². The summed E-state index contributed by atoms with van der Waals surface area (Å²) in [6, 6.07) is 6.45. The van der Waals surface area contributed by atoms with E-state index in [-0.39, 0.29) is 22.4 Å². The minimum absolute atomic E-state index is 0.0413. The van der Waals surface area contributed by atoms with Crippen LogP contribution >= 0.6 is 11.6 Å². The number of nitrogens with zero attached hydrogens (tertiary/aromatic N) is 3. The fourth-order valence-electron chi connectivity index (χ4n) is 4.52. The van der Waals surface area contributed by atoms with Crippen LogP contribution in [0.25, 0.3) is 11.8 Å². The second-order valence-electron chi connectivity index (χ2n) is 8.68. The Morgan fingerprint density at radius 1 is 1.24 bits per heavy atom. The second kappa shape index (κ2) is 11.6. The van der Waals surface area contributed by atoms with Crippen molar-refractivity contribution in [2.45, 2.75) is 39.2 Å². The van der Waals surface area contributed by atoms with Gasteiger partial charge < -0.3 is 0 Å². The van der Waals surface area contributed by atoms with Gasteiger partial charge in [0, 0.05) is 7.05 Å². The van der Waals surface area contributed by atoms with Crippen molar-refractivity contribution in [2.24, 2.45) is 13.0 Å². The molecule has 182 valence electrons. The third-order valence-electron chi connectivity index (χ3n) is 6.47. The summed E-state index contributed by atoms with van der Waals surface area (Å²) in [6.07, 6.45) is 11.7. The van der Waals surface area contributed by atoms with Gasteiger partial charge in [-0.2, -0.15) is 0 Å². The summed E-state index contributed by atoms with van der Waals surface area (Å²) in [5, 5.41) is 0.186. The van der Waals surface area contributed by atoms with Gasteiger partial charge in [-0.1, -0.05) is 48.5 Å². The van der Waals surface area contributed by atoms with Gasteiger partial charge in [-0.3, -0.25) is 14.4 Å². The van der Waals surface area contributed by atoms with E-state index in [9.17, 15) is 13.6 Å². The quantitative estimate of drug-likeness (QED) is 0.385. The zero-order valence-corrected chi connectivity index (χ0v) is 20.7. The van der Waals surface area contributed by atoms with Crippen LogP contribution < -0.4 is 5.56 Å². The van der Waals surface area contributed by atoms with Crippen LogP contribution in [-0.2, 0) is 7.05 Å². The highest BCUT2D eigenvalue weighted by atomic mass is 35.5. The molecule has 0 amide bonds. The second-order valence-corrected chi connectivity index (χ2v) is 9.06. The smallest absolute Gasteiger partial charge is 0.290 e. The van der Waals surface area contributed by atoms with Crippen molar-refractivity contribution >= 4 is 23.4 Å². The van der Waals surface area contributed by atoms with Gasteiger partial charge in [0.05, 0.1) is 17.4 Å². The molecule has 0 saturated carbocycles. The molecule has 7 heteroatoms. The van der Waals surface area contributed by atoms with E-state index in [2.05, 4.69) is 24.5 Å². The molecule has 1 unspecified atom stereocenters. The summed E-state index contributed by atoms with van der Waals surface area (Å²) in [6.45, 7) is 8.89. The number of rotatable bonds is 8. The monoisotopic (exact) mass is 487 g/mol. The van der Waals surface area contributed by atoms with E-state index >= 15 is 0 Å². The van der Waals surface area contributed by atoms with E-state index in [1.807, 2.05) is 6.08 Å². The molecule has 0 aliphatic carbocycles. The van der Waals surface area contributed by atoms with Crippen molar-refractivity contribution in [1.82, 2.24) is 14.3 Å². The van der Waals surface area contributed by atoms with Crippen LogP contribution in [0.3, 0.4) is 0 Å². The van der Waals surface area contributed by atoms with Gasteiger partial charge in [0.25, 0.3) is 5.56 Å². The summed E-state index contributed by atoms with van der Waals surface area (Å²) < 4.78 is 29.4. The lowest BCUT2D eigenvalue weighted by molar-refractivity contribution is 0.137. The number of benzene rings is 1. The van der Waals surface area contributed by atoms with Gasteiger partial charge in [0.1, 0.15) is 16.7 Å². The fourth-order valence-corrected chi connectivity index (χ4v) is 4.88. The van der Waals surface area contributed by atoms with E-state index in [1.54, 1.807) is 36.9 Å². The van der Waals surface area contributed by atoms with Crippen molar-refractivity contribution in [3.8, 4) is 0 Å². The maximum atomic E-state index is 13.1. The molecule has 1 aromatic carbocycles. The van der Waals surface area contributed by atoms with E-state index in [0.29, 0.717) is 11.6 Å². The van der Waals surface area contributed by atoms with E-state index in [0.717, 1.165) is 43.6 Å². The zero-order chi connectivity index (χ0) is 24.8. The van der Waals surface area contributed by atoms with Gasteiger partial charge in [-0.05, 0) is 82.0 Å². The minimum Gasteiger partial charge on any atom is -0.295 e. The average molecular weight is 488 g/mol. The predicted octanol–water partition coefficient (Wildman–Crippen LogP) is 6.76. The third-order valence-corrected chi connectivity index (χ3v) is 6.83. The lowest BCUT2D eigenvalue weighted by Gasteiger charge is -2.36. The van der Waals surface area contributed by atoms with Crippen molar-refractivity contribution in [3.05, 3.63) is 93.4 Å². The first kappa shape index (κ1) is 25.9. The lowest BCUT2D eigenvalue weighted by atomic mass is 9.92. The van der Waals surface area contributed by atoms with Crippen molar-refractivity contribution < 1.29 is 8.78 Å². The third kappa shape index (κ3) is 6.05. The van der Waals surface area contributed by atoms with Gasteiger partial charge in [-0.15, -0.1) is 0 Å². The lowest BCUT2D eigenvalue weighted by Crippen LogP contribution is -2.36. The van der Waals surface area contributed by atoms with Crippen molar-refractivity contribution in [2.75, 3.05) is 13.1 Å². The summed E-state index contributed by atoms with van der Waals surface area (Å²) in [5.74, 6) is -0.232. The van der Waals surface area contributed by atoms with Gasteiger partial charge in [0.15, 0.2) is 0 Å². The highest BCUT2D eigenvalue weighted by Crippen LogP contribution is 2.31. The molecule has 1 aliphatic rings. The van der Waals surface area contributed by atoms with Gasteiger partial charge in [0.2, 0.25) is 0 Å². The molecule has 1 fully saturated rings. The van der Waals surface area contributed by atoms with Crippen molar-refractivity contribution in [1.29, 1.82) is 0 Å². The summed E-state index contributed by atoms with van der Waals surface area (Å²) in [5.41, 5.74) is 1.94. The number of allylic oxidation sites excluding steroid dienone is 6. The molecule has 2 aromatic rings. The molecule has 0 N–H and O–H groups in total. The summed E-state index contributed by atoms with van der Waals surface area (Å²) in [7, 11) is 1.80. The van der Waals surface area contributed by atoms with E-state index in [1.165, 1.54) is 29.0 Å². The molecule has 1 atom stereocenters. The Morgan fingerprint density at radius 3 is 2.47 bits per heavy atom. The summed E-state index contributed by atoms with van der Waals surface area (Å²) >= 11 is 6.51. The number of piperidine rings is 1. The molecule has 0 spiro atoms. The van der Waals surface area contributed by atoms with Crippen LogP contribution in [0, 0.1) is 11.7 Å². The highest BCUT2D eigenvalue weighted by molar-refractivity contribution is 6.31. The SMILES string of the molecule is C=C(F)/C=C\C(=C/C)n1c(=O)c(Cl)c(C(C)N2CCC(C/C=C\c3ccc(F)cc3)CC2)n1C. The average Bonchev–Trinajstić information content (AvgIpc) is 3.04. The number of aromatic nitrogens is 2. The van der Waals surface area contributed by atoms with Crippen LogP contribution in [0.5, 0.6) is 0 Å². The molecular weight excluding hydrogens is 456 g/mol. The van der Waals surface area contributed by atoms with Gasteiger partial charge >= 0.3 is 0 Å². The Labute approximate surface area is 205 Å². The van der Waals surface area contributed by atoms with E-state index in [4.69, 9.17) is 11.6 Å². The molecule has 1 saturated heterocycles. The molecule has 34 heavy (non-hydrogen) atoms. The Morgan fingerprint density at radius 2 is 1.88 bits per heavy atom. The predicted molar refractivity (Wildman–Crippen MR) is 137 cm³/mol. The minimum atomic E-state index is -0.586. The first-order chi connectivity index (χ1) is 16.2. The molecule has 1 aromatic heterocycles. The van der Waals surface area contributed by atoms with Crippen LogP contribution in [0.2, 0.25) is 5.02 Å². The maximum absolute atomic E-state index is 13.1. The largest absolute Gasteiger partial charge is 0.295 e. The van der Waals surface area contributed by atoms with Crippen LogP contribution in [0.4, 0.5) is 8.78 Å². The topological polar surface area (TPSA) is 30.2 Å². The highest BCUT2D eigenvalue weighted by Gasteiger charge is 2.29. The molecular formula is C27H32ClF2N3O. The van der Waals surface area contributed by atoms with Crippen molar-refractivity contribution in [3.63, 3.8) is 0 Å². The molecule has 3 rings (SSSR count). The molecule has 0 radical (unpaired) electrons. The number of hydrogen-bond donors (Lipinski definition) is 0. The first-order valence-corrected chi connectivity index (χ1v) is 11.9. The number of hydrogen-bond acceptors (Lipinski definition) is 2. The number of likely N-dealkylation sites (tertiary alicyclic amines) is 1. The first-order valence-electron chi connectivity index (χ1n) is 11.6. The maximum Gasteiger partial charge on any atom is 0.290 e. The zero-order valence-electron chi connectivity index (χ0n) is 20.0. The van der Waals surface area contributed by atoms with Crippen LogP contribution in [-0.4, -0.2) is 27.4 Å². The Kier molecular flexibility index (Phi) is 8.86. The molecule has 2 heterocycles. The Hall–Kier alpha value is -2.70. The molecule has 4 nitrogen and oxygen atoms in total.